The third-order valence-corrected chi connectivity index (χ3v) is 3.11. The highest BCUT2D eigenvalue weighted by Gasteiger charge is 2.37. The van der Waals surface area contributed by atoms with Crippen LogP contribution in [0, 0.1) is 0 Å². The van der Waals surface area contributed by atoms with Crippen LogP contribution >= 0.6 is 0 Å². The van der Waals surface area contributed by atoms with E-state index >= 15 is 0 Å². The molecule has 0 atom stereocenters. The molecule has 18 heavy (non-hydrogen) atoms. The Balaban J connectivity index is 1.99. The van der Waals surface area contributed by atoms with Gasteiger partial charge in [-0.15, -0.1) is 0 Å². The molecular formula is C13H13N3O2. The largest absolute Gasteiger partial charge is 0.451 e. The number of ether oxygens (including phenoxy) is 1. The van der Waals surface area contributed by atoms with Crippen molar-refractivity contribution < 1.29 is 9.53 Å². The van der Waals surface area contributed by atoms with Crippen LogP contribution in [0.1, 0.15) is 35.3 Å². The van der Waals surface area contributed by atoms with Gasteiger partial charge in [-0.2, -0.15) is 5.10 Å². The molecule has 1 aromatic heterocycles. The first-order valence-corrected chi connectivity index (χ1v) is 5.75. The predicted molar refractivity (Wildman–Crippen MR) is 64.0 cm³/mol. The van der Waals surface area contributed by atoms with Gasteiger partial charge in [0.15, 0.2) is 0 Å². The highest BCUT2D eigenvalue weighted by molar-refractivity contribution is 5.94. The molecule has 0 spiro atoms. The Kier molecular flexibility index (Phi) is 2.23. The molecule has 92 valence electrons. The SMILES string of the molecule is CC1(C)OC(=O)c2ccc(Cn3cncn3)cc21. The number of aromatic nitrogens is 3. The Labute approximate surface area is 104 Å². The third-order valence-electron chi connectivity index (χ3n) is 3.11. The average Bonchev–Trinajstić information content (AvgIpc) is 2.87. The highest BCUT2D eigenvalue weighted by atomic mass is 16.6. The van der Waals surface area contributed by atoms with Crippen LogP contribution in [-0.2, 0) is 16.9 Å². The van der Waals surface area contributed by atoms with Crippen LogP contribution in [-0.4, -0.2) is 20.7 Å². The van der Waals surface area contributed by atoms with Gasteiger partial charge in [0.25, 0.3) is 0 Å². The number of rotatable bonds is 2. The average molecular weight is 243 g/mol. The maximum Gasteiger partial charge on any atom is 0.339 e. The molecule has 0 radical (unpaired) electrons. The summed E-state index contributed by atoms with van der Waals surface area (Å²) < 4.78 is 7.08. The topological polar surface area (TPSA) is 57.0 Å². The first-order valence-electron chi connectivity index (χ1n) is 5.75. The molecule has 1 aliphatic heterocycles. The zero-order valence-electron chi connectivity index (χ0n) is 10.3. The summed E-state index contributed by atoms with van der Waals surface area (Å²) in [4.78, 5) is 15.6. The number of benzene rings is 1. The second kappa shape index (κ2) is 3.66. The third kappa shape index (κ3) is 1.68. The molecule has 0 unspecified atom stereocenters. The molecule has 5 heteroatoms. The Morgan fingerprint density at radius 2 is 2.22 bits per heavy atom. The fourth-order valence-corrected chi connectivity index (χ4v) is 2.21. The maximum atomic E-state index is 11.7. The molecule has 1 aliphatic rings. The molecule has 0 aliphatic carbocycles. The minimum Gasteiger partial charge on any atom is -0.451 e. The maximum absolute atomic E-state index is 11.7. The lowest BCUT2D eigenvalue weighted by Crippen LogP contribution is -2.16. The molecule has 0 saturated carbocycles. The monoisotopic (exact) mass is 243 g/mol. The van der Waals surface area contributed by atoms with Crippen molar-refractivity contribution in [3.8, 4) is 0 Å². The number of esters is 1. The minimum absolute atomic E-state index is 0.248. The summed E-state index contributed by atoms with van der Waals surface area (Å²) in [6, 6.07) is 5.74. The Hall–Kier alpha value is -2.17. The molecular weight excluding hydrogens is 230 g/mol. The predicted octanol–water partition coefficient (Wildman–Crippen LogP) is 1.73. The molecule has 2 aromatic rings. The van der Waals surface area contributed by atoms with Gasteiger partial charge in [0.2, 0.25) is 0 Å². The Bertz CT molecular complexity index is 603. The lowest BCUT2D eigenvalue weighted by molar-refractivity contribution is 0.00952. The molecule has 0 N–H and O–H groups in total. The first-order chi connectivity index (χ1) is 8.56. The van der Waals surface area contributed by atoms with E-state index in [4.69, 9.17) is 4.74 Å². The summed E-state index contributed by atoms with van der Waals surface area (Å²) in [6.45, 7) is 4.43. The summed E-state index contributed by atoms with van der Waals surface area (Å²) in [7, 11) is 0. The van der Waals surface area contributed by atoms with Gasteiger partial charge in [-0.05, 0) is 31.5 Å². The second-order valence-electron chi connectivity index (χ2n) is 4.87. The summed E-state index contributed by atoms with van der Waals surface area (Å²) >= 11 is 0. The van der Waals surface area contributed by atoms with E-state index in [2.05, 4.69) is 10.1 Å². The zero-order chi connectivity index (χ0) is 12.8. The summed E-state index contributed by atoms with van der Waals surface area (Å²) in [5, 5.41) is 4.06. The van der Waals surface area contributed by atoms with Gasteiger partial charge in [-0.3, -0.25) is 0 Å². The van der Waals surface area contributed by atoms with Gasteiger partial charge >= 0.3 is 5.97 Å². The summed E-state index contributed by atoms with van der Waals surface area (Å²) in [6.07, 6.45) is 3.17. The van der Waals surface area contributed by atoms with Gasteiger partial charge < -0.3 is 4.74 Å². The van der Waals surface area contributed by atoms with Crippen molar-refractivity contribution in [2.45, 2.75) is 26.0 Å². The molecule has 0 fully saturated rings. The fourth-order valence-electron chi connectivity index (χ4n) is 2.21. The van der Waals surface area contributed by atoms with Crippen molar-refractivity contribution in [3.63, 3.8) is 0 Å². The summed E-state index contributed by atoms with van der Waals surface area (Å²) in [5.74, 6) is -0.248. The van der Waals surface area contributed by atoms with E-state index in [1.54, 1.807) is 11.0 Å². The molecule has 0 amide bonds. The quantitative estimate of drug-likeness (QED) is 0.754. The fraction of sp³-hybridized carbons (Fsp3) is 0.308. The van der Waals surface area contributed by atoms with E-state index < -0.39 is 5.60 Å². The van der Waals surface area contributed by atoms with Crippen LogP contribution in [0.25, 0.3) is 0 Å². The van der Waals surface area contributed by atoms with E-state index in [0.29, 0.717) is 12.1 Å². The van der Waals surface area contributed by atoms with Gasteiger partial charge in [0, 0.05) is 5.56 Å². The zero-order valence-corrected chi connectivity index (χ0v) is 10.3. The Morgan fingerprint density at radius 3 is 2.94 bits per heavy atom. The van der Waals surface area contributed by atoms with Crippen molar-refractivity contribution in [2.24, 2.45) is 0 Å². The van der Waals surface area contributed by atoms with Crippen LogP contribution in [0.15, 0.2) is 30.9 Å². The minimum atomic E-state index is -0.551. The highest BCUT2D eigenvalue weighted by Crippen LogP contribution is 2.36. The standard InChI is InChI=1S/C13H13N3O2/c1-13(2)11-5-9(6-16-8-14-7-15-16)3-4-10(11)12(17)18-13/h3-5,7-8H,6H2,1-2H3. The van der Waals surface area contributed by atoms with E-state index in [1.807, 2.05) is 32.0 Å². The van der Waals surface area contributed by atoms with E-state index in [9.17, 15) is 4.79 Å². The van der Waals surface area contributed by atoms with Crippen LogP contribution in [0.5, 0.6) is 0 Å². The van der Waals surface area contributed by atoms with Crippen LogP contribution in [0.4, 0.5) is 0 Å². The number of carbonyl (C=O) groups excluding carboxylic acids is 1. The van der Waals surface area contributed by atoms with Crippen molar-refractivity contribution in [3.05, 3.63) is 47.5 Å². The smallest absolute Gasteiger partial charge is 0.339 e. The van der Waals surface area contributed by atoms with E-state index in [0.717, 1.165) is 11.1 Å². The second-order valence-corrected chi connectivity index (χ2v) is 4.87. The number of nitrogens with zero attached hydrogens (tertiary/aromatic N) is 3. The number of cyclic esters (lactones) is 1. The number of hydrogen-bond acceptors (Lipinski definition) is 4. The van der Waals surface area contributed by atoms with E-state index in [1.165, 1.54) is 6.33 Å². The van der Waals surface area contributed by atoms with Crippen molar-refractivity contribution in [2.75, 3.05) is 0 Å². The molecule has 5 nitrogen and oxygen atoms in total. The van der Waals surface area contributed by atoms with Crippen LogP contribution in [0.2, 0.25) is 0 Å². The van der Waals surface area contributed by atoms with Gasteiger partial charge in [0.05, 0.1) is 12.1 Å². The number of carbonyl (C=O) groups is 1. The lowest BCUT2D eigenvalue weighted by atomic mass is 9.94. The molecule has 0 saturated heterocycles. The Morgan fingerprint density at radius 1 is 1.39 bits per heavy atom. The molecule has 1 aromatic carbocycles. The van der Waals surface area contributed by atoms with Crippen molar-refractivity contribution >= 4 is 5.97 Å². The molecule has 0 bridgehead atoms. The normalized spacial score (nSPS) is 16.4. The van der Waals surface area contributed by atoms with Gasteiger partial charge in [0.1, 0.15) is 18.3 Å². The van der Waals surface area contributed by atoms with Crippen molar-refractivity contribution in [1.82, 2.24) is 14.8 Å². The summed E-state index contributed by atoms with van der Waals surface area (Å²) in [5.41, 5.74) is 2.11. The van der Waals surface area contributed by atoms with Gasteiger partial charge in [-0.1, -0.05) is 6.07 Å². The molecule has 3 rings (SSSR count). The number of fused-ring (bicyclic) bond motifs is 1. The van der Waals surface area contributed by atoms with Gasteiger partial charge in [-0.25, -0.2) is 14.5 Å². The van der Waals surface area contributed by atoms with E-state index in [-0.39, 0.29) is 5.97 Å². The first kappa shape index (κ1) is 11.0. The van der Waals surface area contributed by atoms with Crippen LogP contribution < -0.4 is 0 Å². The molecule has 2 heterocycles. The van der Waals surface area contributed by atoms with Crippen molar-refractivity contribution in [1.29, 1.82) is 0 Å². The lowest BCUT2D eigenvalue weighted by Gasteiger charge is -2.18. The van der Waals surface area contributed by atoms with Crippen LogP contribution in [0.3, 0.4) is 0 Å². The number of hydrogen-bond donors (Lipinski definition) is 0.